The average molecular weight is 1040 g/mol. The predicted octanol–water partition coefficient (Wildman–Crippen LogP) is 20.7. The summed E-state index contributed by atoms with van der Waals surface area (Å²) in [5.74, 6) is -0.119. The number of allylic oxidation sites excluding steroid dienone is 9. The molecule has 6 heteroatoms. The number of hydrogen-bond donors (Lipinski definition) is 3. The van der Waals surface area contributed by atoms with Gasteiger partial charge in [0.1, 0.15) is 0 Å². The molecule has 0 aliphatic heterocycles. The van der Waals surface area contributed by atoms with E-state index in [0.717, 1.165) is 83.5 Å². The molecule has 0 aromatic heterocycles. The summed E-state index contributed by atoms with van der Waals surface area (Å²) in [5.41, 5.74) is 0. The minimum atomic E-state index is -0.862. The maximum Gasteiger partial charge on any atom is 0.305 e. The van der Waals surface area contributed by atoms with Crippen LogP contribution in [-0.2, 0) is 14.3 Å². The molecule has 2 unspecified atom stereocenters. The van der Waals surface area contributed by atoms with Crippen LogP contribution in [0, 0.1) is 0 Å². The van der Waals surface area contributed by atoms with Crippen LogP contribution in [-0.4, -0.2) is 47.4 Å². The number of aliphatic hydroxyl groups is 2. The molecule has 0 aliphatic rings. The summed E-state index contributed by atoms with van der Waals surface area (Å²) in [4.78, 5) is 24.6. The maximum absolute atomic E-state index is 12.5. The largest absolute Gasteiger partial charge is 0.466 e. The Morgan fingerprint density at radius 3 is 1.14 bits per heavy atom. The number of esters is 1. The van der Waals surface area contributed by atoms with E-state index in [9.17, 15) is 19.8 Å². The van der Waals surface area contributed by atoms with E-state index >= 15 is 0 Å². The van der Waals surface area contributed by atoms with E-state index in [2.05, 4.69) is 67.8 Å². The van der Waals surface area contributed by atoms with Gasteiger partial charge in [-0.3, -0.25) is 9.59 Å². The number of amides is 1. The van der Waals surface area contributed by atoms with Crippen molar-refractivity contribution in [2.75, 3.05) is 13.2 Å². The molecule has 0 saturated heterocycles. The highest BCUT2D eigenvalue weighted by molar-refractivity contribution is 5.76. The summed E-state index contributed by atoms with van der Waals surface area (Å²) in [6.07, 6.45) is 82.7. The molecule has 0 aliphatic carbocycles. The lowest BCUT2D eigenvalue weighted by Crippen LogP contribution is -2.45. The first-order chi connectivity index (χ1) is 36.5. The molecule has 0 heterocycles. The van der Waals surface area contributed by atoms with Crippen LogP contribution in [0.5, 0.6) is 0 Å². The van der Waals surface area contributed by atoms with Gasteiger partial charge in [-0.15, -0.1) is 0 Å². The SMILES string of the molecule is CCCCC/C=C\C/C=C\CCCCCCCCCC(=O)OCCCCC/C=C\C=C/CCCCCCCCC(=O)NC(CO)C(O)/C=C/CCCCCCCCCCCCCCCCCCCCCCCCC. The van der Waals surface area contributed by atoms with Gasteiger partial charge in [0.2, 0.25) is 5.91 Å². The number of carbonyl (C=O) groups is 2. The third kappa shape index (κ3) is 58.8. The van der Waals surface area contributed by atoms with Crippen molar-refractivity contribution in [2.45, 2.75) is 347 Å². The minimum absolute atomic E-state index is 0.0306. The number of nitrogens with one attached hydrogen (secondary N) is 1. The zero-order valence-electron chi connectivity index (χ0n) is 49.3. The van der Waals surface area contributed by atoms with Crippen LogP contribution < -0.4 is 5.32 Å². The Hall–Kier alpha value is -2.44. The lowest BCUT2D eigenvalue weighted by Gasteiger charge is -2.20. The number of unbranched alkanes of at least 4 members (excludes halogenated alkanes) is 42. The van der Waals surface area contributed by atoms with Gasteiger partial charge in [0, 0.05) is 12.8 Å². The van der Waals surface area contributed by atoms with Crippen molar-refractivity contribution in [3.63, 3.8) is 0 Å². The molecular formula is C68H125NO5. The number of aliphatic hydroxyl groups excluding tert-OH is 2. The molecule has 2 atom stereocenters. The van der Waals surface area contributed by atoms with Crippen molar-refractivity contribution >= 4 is 11.9 Å². The summed E-state index contributed by atoms with van der Waals surface area (Å²) < 4.78 is 5.46. The van der Waals surface area contributed by atoms with E-state index in [4.69, 9.17) is 4.74 Å². The molecule has 0 fully saturated rings. The van der Waals surface area contributed by atoms with Crippen molar-refractivity contribution in [3.8, 4) is 0 Å². The number of ether oxygens (including phenoxy) is 1. The lowest BCUT2D eigenvalue weighted by molar-refractivity contribution is -0.143. The van der Waals surface area contributed by atoms with Gasteiger partial charge < -0.3 is 20.3 Å². The molecular weight excluding hydrogens is 911 g/mol. The zero-order chi connectivity index (χ0) is 53.6. The second kappa shape index (κ2) is 63.1. The van der Waals surface area contributed by atoms with Crippen LogP contribution in [0.3, 0.4) is 0 Å². The molecule has 0 saturated carbocycles. The molecule has 0 aromatic rings. The van der Waals surface area contributed by atoms with Crippen LogP contribution in [0.2, 0.25) is 0 Å². The van der Waals surface area contributed by atoms with Gasteiger partial charge in [-0.25, -0.2) is 0 Å². The van der Waals surface area contributed by atoms with E-state index in [1.54, 1.807) is 6.08 Å². The van der Waals surface area contributed by atoms with Crippen molar-refractivity contribution in [1.82, 2.24) is 5.32 Å². The fourth-order valence-corrected chi connectivity index (χ4v) is 9.77. The highest BCUT2D eigenvalue weighted by atomic mass is 16.5. The number of hydrogen-bond acceptors (Lipinski definition) is 5. The first kappa shape index (κ1) is 71.6. The van der Waals surface area contributed by atoms with Gasteiger partial charge in [0.25, 0.3) is 0 Å². The normalized spacial score (nSPS) is 13.0. The molecule has 1 amide bonds. The van der Waals surface area contributed by atoms with Crippen molar-refractivity contribution < 1.29 is 24.5 Å². The van der Waals surface area contributed by atoms with Gasteiger partial charge in [-0.1, -0.05) is 286 Å². The number of carbonyl (C=O) groups excluding carboxylic acids is 2. The summed E-state index contributed by atoms with van der Waals surface area (Å²) >= 11 is 0. The summed E-state index contributed by atoms with van der Waals surface area (Å²) in [6, 6.07) is -0.648. The van der Waals surface area contributed by atoms with Crippen LogP contribution in [0.4, 0.5) is 0 Å². The van der Waals surface area contributed by atoms with E-state index in [0.29, 0.717) is 19.4 Å². The molecule has 6 nitrogen and oxygen atoms in total. The molecule has 0 spiro atoms. The van der Waals surface area contributed by atoms with E-state index in [1.165, 1.54) is 225 Å². The smallest absolute Gasteiger partial charge is 0.305 e. The van der Waals surface area contributed by atoms with Crippen LogP contribution >= 0.6 is 0 Å². The first-order valence-electron chi connectivity index (χ1n) is 32.6. The monoisotopic (exact) mass is 1040 g/mol. The molecule has 0 aromatic carbocycles. The standard InChI is InChI=1S/C68H125NO5/c1-3-5-7-9-11-13-15-17-19-21-22-23-24-25-26-27-28-30-32-36-40-44-48-52-56-60-66(71)65(64-70)69-67(72)61-57-53-49-45-41-37-33-31-35-39-43-47-51-55-59-63-74-68(73)62-58-54-50-46-42-38-34-29-20-18-16-14-12-10-8-6-4-2/h12,14,18,20,31,35,39,43,56,60,65-66,70-71H,3-11,13,15-17,19,21-30,32-34,36-38,40-42,44-55,57-59,61-64H2,1-2H3,(H,69,72)/b14-12-,20-18-,35-31-,43-39-,60-56+. The van der Waals surface area contributed by atoms with Crippen LogP contribution in [0.1, 0.15) is 335 Å². The highest BCUT2D eigenvalue weighted by Crippen LogP contribution is 2.17. The van der Waals surface area contributed by atoms with Crippen LogP contribution in [0.25, 0.3) is 0 Å². The quantitative estimate of drug-likeness (QED) is 0.0244. The van der Waals surface area contributed by atoms with E-state index in [-0.39, 0.29) is 18.5 Å². The van der Waals surface area contributed by atoms with Gasteiger partial charge in [0.15, 0.2) is 0 Å². The summed E-state index contributed by atoms with van der Waals surface area (Å²) in [7, 11) is 0. The molecule has 432 valence electrons. The Morgan fingerprint density at radius 1 is 0.392 bits per heavy atom. The van der Waals surface area contributed by atoms with E-state index < -0.39 is 12.1 Å². The second-order valence-corrected chi connectivity index (χ2v) is 22.1. The fourth-order valence-electron chi connectivity index (χ4n) is 9.77. The Balaban J connectivity index is 3.54. The Labute approximate surface area is 460 Å². The number of rotatable bonds is 60. The molecule has 0 radical (unpaired) electrons. The van der Waals surface area contributed by atoms with Gasteiger partial charge in [0.05, 0.1) is 25.4 Å². The zero-order valence-corrected chi connectivity index (χ0v) is 49.3. The summed E-state index contributed by atoms with van der Waals surface area (Å²) in [5, 5.41) is 23.2. The Bertz CT molecular complexity index is 1290. The van der Waals surface area contributed by atoms with Crippen LogP contribution in [0.15, 0.2) is 60.8 Å². The van der Waals surface area contributed by atoms with Crippen molar-refractivity contribution in [1.29, 1.82) is 0 Å². The van der Waals surface area contributed by atoms with Gasteiger partial charge in [-0.2, -0.15) is 0 Å². The molecule has 74 heavy (non-hydrogen) atoms. The average Bonchev–Trinajstić information content (AvgIpc) is 3.40. The topological polar surface area (TPSA) is 95.9 Å². The van der Waals surface area contributed by atoms with Gasteiger partial charge >= 0.3 is 5.97 Å². The second-order valence-electron chi connectivity index (χ2n) is 22.1. The molecule has 0 bridgehead atoms. The summed E-state index contributed by atoms with van der Waals surface area (Å²) in [6.45, 7) is 4.83. The van der Waals surface area contributed by atoms with Crippen molar-refractivity contribution in [3.05, 3.63) is 60.8 Å². The van der Waals surface area contributed by atoms with Crippen molar-refractivity contribution in [2.24, 2.45) is 0 Å². The Kier molecular flexibility index (Phi) is 61.0. The third-order valence-electron chi connectivity index (χ3n) is 14.8. The highest BCUT2D eigenvalue weighted by Gasteiger charge is 2.18. The first-order valence-corrected chi connectivity index (χ1v) is 32.6. The van der Waals surface area contributed by atoms with E-state index in [1.807, 2.05) is 6.08 Å². The Morgan fingerprint density at radius 2 is 0.716 bits per heavy atom. The lowest BCUT2D eigenvalue weighted by atomic mass is 10.0. The minimum Gasteiger partial charge on any atom is -0.466 e. The maximum atomic E-state index is 12.5. The third-order valence-corrected chi connectivity index (χ3v) is 14.8. The van der Waals surface area contributed by atoms with Gasteiger partial charge in [-0.05, 0) is 96.3 Å². The molecule has 3 N–H and O–H groups in total. The predicted molar refractivity (Wildman–Crippen MR) is 324 cm³/mol. The fraction of sp³-hybridized carbons (Fsp3) is 0.824. The molecule has 0 rings (SSSR count).